The molecule has 0 saturated carbocycles. The average molecular weight is 422 g/mol. The second-order valence-electron chi connectivity index (χ2n) is 5.47. The summed E-state index contributed by atoms with van der Waals surface area (Å²) in [7, 11) is 0. The van der Waals surface area contributed by atoms with E-state index in [0.29, 0.717) is 6.54 Å². The largest absolute Gasteiger partial charge is 0.356 e. The lowest BCUT2D eigenvalue weighted by molar-refractivity contribution is 0.871. The van der Waals surface area contributed by atoms with Crippen LogP contribution in [0, 0.1) is 6.92 Å². The van der Waals surface area contributed by atoms with Crippen LogP contribution in [0.2, 0.25) is 0 Å². The van der Waals surface area contributed by atoms with Crippen molar-refractivity contribution in [3.63, 3.8) is 0 Å². The highest BCUT2D eigenvalue weighted by molar-refractivity contribution is 14.0. The Morgan fingerprint density at radius 3 is 2.83 bits per heavy atom. The summed E-state index contributed by atoms with van der Waals surface area (Å²) < 4.78 is 0. The zero-order chi connectivity index (χ0) is 15.4. The first kappa shape index (κ1) is 17.7. The Morgan fingerprint density at radius 1 is 1.22 bits per heavy atom. The number of aromatic nitrogens is 1. The molecule has 2 aromatic rings. The Labute approximate surface area is 155 Å². The highest BCUT2D eigenvalue weighted by Crippen LogP contribution is 2.27. The van der Waals surface area contributed by atoms with Crippen molar-refractivity contribution in [1.82, 2.24) is 10.3 Å². The Bertz CT molecular complexity index is 684. The van der Waals surface area contributed by atoms with Crippen LogP contribution in [0.4, 0.5) is 5.69 Å². The van der Waals surface area contributed by atoms with Gasteiger partial charge in [0.25, 0.3) is 0 Å². The summed E-state index contributed by atoms with van der Waals surface area (Å²) >= 11 is 0. The fraction of sp³-hybridized carbons (Fsp3) is 0.333. The van der Waals surface area contributed by atoms with Crippen molar-refractivity contribution in [2.75, 3.05) is 18.0 Å². The first-order valence-corrected chi connectivity index (χ1v) is 7.84. The lowest BCUT2D eigenvalue weighted by atomic mass is 10.2. The number of rotatable bonds is 3. The van der Waals surface area contributed by atoms with Gasteiger partial charge in [-0.3, -0.25) is 4.98 Å². The molecule has 5 heteroatoms. The fourth-order valence-corrected chi connectivity index (χ4v) is 2.80. The van der Waals surface area contributed by atoms with Gasteiger partial charge in [-0.2, -0.15) is 0 Å². The molecule has 0 spiro atoms. The predicted octanol–water partition coefficient (Wildman–Crippen LogP) is 3.54. The molecule has 1 N–H and O–H groups in total. The number of hydrogen-bond donors (Lipinski definition) is 1. The number of para-hydroxylation sites is 1. The van der Waals surface area contributed by atoms with E-state index in [1.54, 1.807) is 0 Å². The van der Waals surface area contributed by atoms with E-state index in [1.807, 2.05) is 25.1 Å². The third-order valence-corrected chi connectivity index (χ3v) is 3.81. The van der Waals surface area contributed by atoms with E-state index in [1.165, 1.54) is 11.3 Å². The molecule has 1 aromatic carbocycles. The van der Waals surface area contributed by atoms with E-state index >= 15 is 0 Å². The minimum Gasteiger partial charge on any atom is -0.356 e. The molecule has 0 aliphatic carbocycles. The first-order chi connectivity index (χ1) is 10.8. The molecular weight excluding hydrogens is 399 g/mol. The van der Waals surface area contributed by atoms with Gasteiger partial charge in [0.1, 0.15) is 0 Å². The molecule has 0 unspecified atom stereocenters. The van der Waals surface area contributed by atoms with Gasteiger partial charge in [-0.25, -0.2) is 4.99 Å². The standard InChI is InChI=1S/C18H22N4.HI/c1-3-19-18(20-13-16-9-6-7-14(2)21-16)22-12-11-15-8-4-5-10-17(15)22;/h4-10H,3,11-13H2,1-2H3,(H,19,20);1H. The van der Waals surface area contributed by atoms with Crippen molar-refractivity contribution < 1.29 is 0 Å². The smallest absolute Gasteiger partial charge is 0.198 e. The number of fused-ring (bicyclic) bond motifs is 1. The second-order valence-corrected chi connectivity index (χ2v) is 5.47. The van der Waals surface area contributed by atoms with Crippen molar-refractivity contribution in [3.8, 4) is 0 Å². The zero-order valence-corrected chi connectivity index (χ0v) is 16.0. The van der Waals surface area contributed by atoms with Crippen molar-refractivity contribution >= 4 is 35.6 Å². The van der Waals surface area contributed by atoms with Gasteiger partial charge in [0, 0.05) is 24.5 Å². The number of aliphatic imine (C=N–C) groups is 1. The maximum atomic E-state index is 4.77. The minimum atomic E-state index is 0. The minimum absolute atomic E-state index is 0. The highest BCUT2D eigenvalue weighted by atomic mass is 127. The maximum absolute atomic E-state index is 4.77. The SMILES string of the molecule is CCNC(=NCc1cccc(C)n1)N1CCc2ccccc21.I. The number of nitrogens with one attached hydrogen (secondary N) is 1. The molecule has 2 heterocycles. The van der Waals surface area contributed by atoms with Crippen LogP contribution < -0.4 is 10.2 Å². The number of benzene rings is 1. The van der Waals surface area contributed by atoms with Crippen molar-refractivity contribution in [2.45, 2.75) is 26.8 Å². The third kappa shape index (κ3) is 4.22. The molecule has 4 nitrogen and oxygen atoms in total. The van der Waals surface area contributed by atoms with Gasteiger partial charge in [0.2, 0.25) is 0 Å². The van der Waals surface area contributed by atoms with E-state index in [0.717, 1.165) is 36.9 Å². The average Bonchev–Trinajstić information content (AvgIpc) is 2.95. The van der Waals surface area contributed by atoms with E-state index in [4.69, 9.17) is 4.99 Å². The van der Waals surface area contributed by atoms with Crippen LogP contribution in [-0.4, -0.2) is 24.0 Å². The third-order valence-electron chi connectivity index (χ3n) is 3.81. The number of guanidine groups is 1. The molecule has 0 bridgehead atoms. The zero-order valence-electron chi connectivity index (χ0n) is 13.6. The summed E-state index contributed by atoms with van der Waals surface area (Å²) in [5.74, 6) is 0.941. The summed E-state index contributed by atoms with van der Waals surface area (Å²) in [5.41, 5.74) is 4.69. The number of aryl methyl sites for hydroxylation is 1. The van der Waals surface area contributed by atoms with Crippen LogP contribution in [0.3, 0.4) is 0 Å². The van der Waals surface area contributed by atoms with Gasteiger partial charge in [-0.05, 0) is 44.0 Å². The van der Waals surface area contributed by atoms with Crippen LogP contribution in [0.1, 0.15) is 23.9 Å². The normalized spacial score (nSPS) is 13.5. The van der Waals surface area contributed by atoms with Gasteiger partial charge in [-0.1, -0.05) is 24.3 Å². The van der Waals surface area contributed by atoms with E-state index in [-0.39, 0.29) is 24.0 Å². The van der Waals surface area contributed by atoms with Crippen molar-refractivity contribution in [2.24, 2.45) is 4.99 Å². The van der Waals surface area contributed by atoms with E-state index in [2.05, 4.69) is 46.4 Å². The van der Waals surface area contributed by atoms with Gasteiger partial charge < -0.3 is 10.2 Å². The molecule has 122 valence electrons. The van der Waals surface area contributed by atoms with Crippen LogP contribution in [0.5, 0.6) is 0 Å². The van der Waals surface area contributed by atoms with E-state index in [9.17, 15) is 0 Å². The molecule has 1 aliphatic heterocycles. The van der Waals surface area contributed by atoms with Crippen molar-refractivity contribution in [1.29, 1.82) is 0 Å². The maximum Gasteiger partial charge on any atom is 0.198 e. The summed E-state index contributed by atoms with van der Waals surface area (Å²) in [5, 5.41) is 3.40. The van der Waals surface area contributed by atoms with E-state index < -0.39 is 0 Å². The summed E-state index contributed by atoms with van der Waals surface area (Å²) in [6, 6.07) is 14.6. The van der Waals surface area contributed by atoms with Gasteiger partial charge in [0.15, 0.2) is 5.96 Å². The number of hydrogen-bond acceptors (Lipinski definition) is 2. The fourth-order valence-electron chi connectivity index (χ4n) is 2.80. The Morgan fingerprint density at radius 2 is 2.04 bits per heavy atom. The Hall–Kier alpha value is -1.63. The Kier molecular flexibility index (Phi) is 6.38. The van der Waals surface area contributed by atoms with Gasteiger partial charge in [-0.15, -0.1) is 24.0 Å². The monoisotopic (exact) mass is 422 g/mol. The summed E-state index contributed by atoms with van der Waals surface area (Å²) in [6.45, 7) is 6.55. The molecule has 0 radical (unpaired) electrons. The highest BCUT2D eigenvalue weighted by Gasteiger charge is 2.22. The number of halogens is 1. The lowest BCUT2D eigenvalue weighted by Gasteiger charge is -2.22. The van der Waals surface area contributed by atoms with Gasteiger partial charge >= 0.3 is 0 Å². The second kappa shape index (κ2) is 8.29. The molecule has 1 aliphatic rings. The quantitative estimate of drug-likeness (QED) is 0.468. The van der Waals surface area contributed by atoms with Crippen LogP contribution >= 0.6 is 24.0 Å². The Balaban J connectivity index is 0.00000192. The molecule has 1 aromatic heterocycles. The lowest BCUT2D eigenvalue weighted by Crippen LogP contribution is -2.40. The number of pyridine rings is 1. The molecule has 3 rings (SSSR count). The van der Waals surface area contributed by atoms with Crippen molar-refractivity contribution in [3.05, 3.63) is 59.4 Å². The molecule has 0 atom stereocenters. The molecule has 23 heavy (non-hydrogen) atoms. The summed E-state index contributed by atoms with van der Waals surface area (Å²) in [6.07, 6.45) is 1.07. The molecule has 0 fully saturated rings. The summed E-state index contributed by atoms with van der Waals surface area (Å²) in [4.78, 5) is 11.6. The van der Waals surface area contributed by atoms with Crippen LogP contribution in [-0.2, 0) is 13.0 Å². The predicted molar refractivity (Wildman–Crippen MR) is 107 cm³/mol. The van der Waals surface area contributed by atoms with Crippen LogP contribution in [0.25, 0.3) is 0 Å². The molecular formula is C18H23IN4. The molecule has 0 amide bonds. The topological polar surface area (TPSA) is 40.5 Å². The first-order valence-electron chi connectivity index (χ1n) is 7.84. The van der Waals surface area contributed by atoms with Gasteiger partial charge in [0.05, 0.1) is 12.2 Å². The molecule has 0 saturated heterocycles. The number of anilines is 1. The number of nitrogens with zero attached hydrogens (tertiary/aromatic N) is 3. The van der Waals surface area contributed by atoms with Crippen LogP contribution in [0.15, 0.2) is 47.5 Å².